The molecule has 2 aromatic heterocycles. The number of nitrogens with zero attached hydrogens (tertiary/aromatic N) is 2. The predicted octanol–water partition coefficient (Wildman–Crippen LogP) is 1.27. The number of hydrogen-bond donors (Lipinski definition) is 2. The largest absolute Gasteiger partial charge is 0.496 e. The van der Waals surface area contributed by atoms with Crippen molar-refractivity contribution in [1.82, 2.24) is 19.9 Å². The summed E-state index contributed by atoms with van der Waals surface area (Å²) in [5, 5.41) is 5.55. The van der Waals surface area contributed by atoms with Crippen LogP contribution in [0, 0.1) is 6.92 Å². The fourth-order valence-electron chi connectivity index (χ4n) is 2.38. The molecule has 3 aromatic rings. The first-order valence-electron chi connectivity index (χ1n) is 7.08. The van der Waals surface area contributed by atoms with E-state index in [1.54, 1.807) is 14.0 Å². The van der Waals surface area contributed by atoms with Crippen LogP contribution in [0.15, 0.2) is 41.3 Å². The van der Waals surface area contributed by atoms with Crippen molar-refractivity contribution in [3.05, 3.63) is 63.7 Å². The van der Waals surface area contributed by atoms with Gasteiger partial charge in [0.15, 0.2) is 5.65 Å². The van der Waals surface area contributed by atoms with Crippen LogP contribution in [0.1, 0.15) is 21.6 Å². The van der Waals surface area contributed by atoms with Crippen molar-refractivity contribution in [2.24, 2.45) is 0 Å². The molecule has 0 unspecified atom stereocenters. The van der Waals surface area contributed by atoms with Crippen LogP contribution in [0.4, 0.5) is 0 Å². The minimum atomic E-state index is -0.313. The minimum absolute atomic E-state index is 0.253. The maximum absolute atomic E-state index is 12.4. The van der Waals surface area contributed by atoms with E-state index in [9.17, 15) is 9.59 Å². The number of carbonyl (C=O) groups excluding carboxylic acids is 1. The Kier molecular flexibility index (Phi) is 3.84. The van der Waals surface area contributed by atoms with Gasteiger partial charge < -0.3 is 10.1 Å². The number of hydrogen-bond acceptors (Lipinski definition) is 4. The molecule has 7 nitrogen and oxygen atoms in total. The van der Waals surface area contributed by atoms with E-state index in [4.69, 9.17) is 4.74 Å². The van der Waals surface area contributed by atoms with Gasteiger partial charge in [-0.15, -0.1) is 0 Å². The van der Waals surface area contributed by atoms with Crippen molar-refractivity contribution in [3.63, 3.8) is 0 Å². The Balaban J connectivity index is 1.85. The number of benzene rings is 1. The summed E-state index contributed by atoms with van der Waals surface area (Å²) < 4.78 is 6.50. The van der Waals surface area contributed by atoms with E-state index >= 15 is 0 Å². The van der Waals surface area contributed by atoms with Crippen LogP contribution < -0.4 is 15.6 Å². The lowest BCUT2D eigenvalue weighted by Crippen LogP contribution is -2.23. The molecule has 7 heteroatoms. The van der Waals surface area contributed by atoms with E-state index < -0.39 is 0 Å². The highest BCUT2D eigenvalue weighted by atomic mass is 16.5. The standard InChI is InChI=1S/C16H16N4O3/c1-10-7-14(21)20-15(19-10)12(9-18-20)16(22)17-8-11-5-3-4-6-13(11)23-2/h3-7,9,18H,8H2,1-2H3,(H,17,22). The number of rotatable bonds is 4. The molecule has 0 atom stereocenters. The zero-order valence-electron chi connectivity index (χ0n) is 12.8. The van der Waals surface area contributed by atoms with E-state index in [0.717, 1.165) is 5.56 Å². The molecule has 0 saturated heterocycles. The van der Waals surface area contributed by atoms with Crippen molar-refractivity contribution in [1.29, 1.82) is 0 Å². The fraction of sp³-hybridized carbons (Fsp3) is 0.188. The van der Waals surface area contributed by atoms with Gasteiger partial charge in [-0.2, -0.15) is 0 Å². The van der Waals surface area contributed by atoms with Gasteiger partial charge in [0, 0.05) is 30.1 Å². The molecule has 0 bridgehead atoms. The van der Waals surface area contributed by atoms with Crippen LogP contribution in [0.3, 0.4) is 0 Å². The summed E-state index contributed by atoms with van der Waals surface area (Å²) in [6.45, 7) is 2.03. The Morgan fingerprint density at radius 2 is 2.17 bits per heavy atom. The number of aromatic nitrogens is 3. The molecule has 2 N–H and O–H groups in total. The normalized spacial score (nSPS) is 10.7. The average molecular weight is 312 g/mol. The van der Waals surface area contributed by atoms with Gasteiger partial charge in [0.1, 0.15) is 11.3 Å². The number of methoxy groups -OCH3 is 1. The fourth-order valence-corrected chi connectivity index (χ4v) is 2.38. The topological polar surface area (TPSA) is 88.5 Å². The monoisotopic (exact) mass is 312 g/mol. The van der Waals surface area contributed by atoms with E-state index in [2.05, 4.69) is 15.4 Å². The molecular weight excluding hydrogens is 296 g/mol. The third-order valence-electron chi connectivity index (χ3n) is 3.50. The first-order valence-corrected chi connectivity index (χ1v) is 7.08. The molecule has 0 radical (unpaired) electrons. The van der Waals surface area contributed by atoms with Crippen molar-refractivity contribution in [2.45, 2.75) is 13.5 Å². The molecule has 0 aliphatic rings. The van der Waals surface area contributed by atoms with E-state index in [1.165, 1.54) is 16.8 Å². The summed E-state index contributed by atoms with van der Waals surface area (Å²) in [6, 6.07) is 8.85. The maximum atomic E-state index is 12.4. The van der Waals surface area contributed by atoms with Gasteiger partial charge in [-0.05, 0) is 13.0 Å². The molecule has 23 heavy (non-hydrogen) atoms. The van der Waals surface area contributed by atoms with Crippen LogP contribution in [0.2, 0.25) is 0 Å². The zero-order chi connectivity index (χ0) is 16.4. The Labute approximate surface area is 131 Å². The molecule has 1 amide bonds. The first-order chi connectivity index (χ1) is 11.1. The highest BCUT2D eigenvalue weighted by molar-refractivity contribution is 5.99. The zero-order valence-corrected chi connectivity index (χ0v) is 12.8. The highest BCUT2D eigenvalue weighted by Gasteiger charge is 2.15. The molecular formula is C16H16N4O3. The summed E-state index contributed by atoms with van der Waals surface area (Å²) >= 11 is 0. The molecule has 0 spiro atoms. The second kappa shape index (κ2) is 5.96. The quantitative estimate of drug-likeness (QED) is 0.759. The third-order valence-corrected chi connectivity index (χ3v) is 3.50. The minimum Gasteiger partial charge on any atom is -0.496 e. The summed E-state index contributed by atoms with van der Waals surface area (Å²) in [6.07, 6.45) is 1.47. The lowest BCUT2D eigenvalue weighted by Gasteiger charge is -2.09. The molecule has 1 aromatic carbocycles. The Morgan fingerprint density at radius 1 is 1.39 bits per heavy atom. The highest BCUT2D eigenvalue weighted by Crippen LogP contribution is 2.17. The number of nitrogens with one attached hydrogen (secondary N) is 2. The number of fused-ring (bicyclic) bond motifs is 1. The number of H-pyrrole nitrogens is 1. The molecule has 3 rings (SSSR count). The van der Waals surface area contributed by atoms with E-state index in [0.29, 0.717) is 29.2 Å². The molecule has 0 aliphatic carbocycles. The van der Waals surface area contributed by atoms with Gasteiger partial charge in [0.25, 0.3) is 11.5 Å². The second-order valence-corrected chi connectivity index (χ2v) is 5.08. The summed E-state index contributed by atoms with van der Waals surface area (Å²) in [5.74, 6) is 0.393. The van der Waals surface area contributed by atoms with Gasteiger partial charge in [0.2, 0.25) is 0 Å². The molecule has 2 heterocycles. The summed E-state index contributed by atoms with van der Waals surface area (Å²) in [7, 11) is 1.58. The van der Waals surface area contributed by atoms with Crippen LogP contribution >= 0.6 is 0 Å². The van der Waals surface area contributed by atoms with E-state index in [1.807, 2.05) is 24.3 Å². The number of carbonyl (C=O) groups is 1. The summed E-state index contributed by atoms with van der Waals surface area (Å²) in [5.41, 5.74) is 1.81. The number of aromatic amines is 1. The smallest absolute Gasteiger partial charge is 0.272 e. The number of para-hydroxylation sites is 1. The van der Waals surface area contributed by atoms with Gasteiger partial charge in [-0.1, -0.05) is 18.2 Å². The Hall–Kier alpha value is -3.09. The summed E-state index contributed by atoms with van der Waals surface area (Å²) in [4.78, 5) is 28.5. The number of amides is 1. The van der Waals surface area contributed by atoms with Crippen LogP contribution in [0.5, 0.6) is 5.75 Å². The van der Waals surface area contributed by atoms with Gasteiger partial charge >= 0.3 is 0 Å². The SMILES string of the molecule is COc1ccccc1CNC(=O)c1c[nH]n2c(=O)cc(C)nc12. The lowest BCUT2D eigenvalue weighted by molar-refractivity contribution is 0.0952. The first kappa shape index (κ1) is 14.8. The Morgan fingerprint density at radius 3 is 2.96 bits per heavy atom. The van der Waals surface area contributed by atoms with Crippen LogP contribution in [-0.2, 0) is 6.54 Å². The number of aryl methyl sites for hydroxylation is 1. The molecule has 0 fully saturated rings. The van der Waals surface area contributed by atoms with E-state index in [-0.39, 0.29) is 11.5 Å². The second-order valence-electron chi connectivity index (χ2n) is 5.08. The number of ether oxygens (including phenoxy) is 1. The lowest BCUT2D eigenvalue weighted by atomic mass is 10.2. The Bertz CT molecular complexity index is 926. The third kappa shape index (κ3) is 2.80. The molecule has 118 valence electrons. The van der Waals surface area contributed by atoms with Crippen molar-refractivity contribution >= 4 is 11.6 Å². The van der Waals surface area contributed by atoms with Crippen molar-refractivity contribution in [3.8, 4) is 5.75 Å². The van der Waals surface area contributed by atoms with Gasteiger partial charge in [0.05, 0.1) is 7.11 Å². The predicted molar refractivity (Wildman–Crippen MR) is 84.7 cm³/mol. The molecule has 0 saturated carbocycles. The van der Waals surface area contributed by atoms with Gasteiger partial charge in [-0.3, -0.25) is 14.7 Å². The van der Waals surface area contributed by atoms with Crippen molar-refractivity contribution < 1.29 is 9.53 Å². The van der Waals surface area contributed by atoms with Gasteiger partial charge in [-0.25, -0.2) is 9.50 Å². The molecule has 0 aliphatic heterocycles. The van der Waals surface area contributed by atoms with Crippen LogP contribution in [0.25, 0.3) is 5.65 Å². The van der Waals surface area contributed by atoms with Crippen LogP contribution in [-0.4, -0.2) is 27.6 Å². The maximum Gasteiger partial charge on any atom is 0.272 e. The van der Waals surface area contributed by atoms with Crippen molar-refractivity contribution in [2.75, 3.05) is 7.11 Å². The average Bonchev–Trinajstić information content (AvgIpc) is 2.97.